The third-order valence-corrected chi connectivity index (χ3v) is 4.77. The van der Waals surface area contributed by atoms with Crippen molar-refractivity contribution in [1.29, 1.82) is 0 Å². The van der Waals surface area contributed by atoms with Gasteiger partial charge in [0.05, 0.1) is 19.2 Å². The van der Waals surface area contributed by atoms with Crippen LogP contribution in [0.4, 0.5) is 0 Å². The first-order valence-electron chi connectivity index (χ1n) is 8.31. The number of nitrogens with one attached hydrogen (secondary N) is 2. The number of nitrogens with zero attached hydrogens (tertiary/aromatic N) is 2. The van der Waals surface area contributed by atoms with Gasteiger partial charge in [0, 0.05) is 36.0 Å². The normalized spacial score (nSPS) is 16.7. The number of benzene rings is 1. The van der Waals surface area contributed by atoms with Crippen LogP contribution in [0, 0.1) is 0 Å². The molecule has 2 heterocycles. The quantitative estimate of drug-likeness (QED) is 0.800. The Balaban J connectivity index is 1.56. The summed E-state index contributed by atoms with van der Waals surface area (Å²) in [5.41, 5.74) is 6.29. The summed E-state index contributed by atoms with van der Waals surface area (Å²) in [6, 6.07) is 8.92. The van der Waals surface area contributed by atoms with Crippen molar-refractivity contribution in [2.45, 2.75) is 19.5 Å². The van der Waals surface area contributed by atoms with Crippen LogP contribution in [0.15, 0.2) is 36.5 Å². The molecule has 138 valence electrons. The molecule has 2 aromatic rings. The molecule has 1 aliphatic rings. The van der Waals surface area contributed by atoms with E-state index in [9.17, 15) is 9.59 Å². The lowest BCUT2D eigenvalue weighted by Gasteiger charge is -2.34. The number of aromatic nitrogens is 1. The minimum absolute atomic E-state index is 0.133. The number of carbonyl (C=O) groups excluding carboxylic acids is 2. The van der Waals surface area contributed by atoms with Crippen LogP contribution < -0.4 is 15.6 Å². The molecule has 2 N–H and O–H groups in total. The lowest BCUT2D eigenvalue weighted by molar-refractivity contribution is -0.123. The van der Waals surface area contributed by atoms with E-state index in [1.54, 1.807) is 12.1 Å². The Morgan fingerprint density at radius 3 is 2.85 bits per heavy atom. The van der Waals surface area contributed by atoms with E-state index in [0.717, 1.165) is 13.1 Å². The van der Waals surface area contributed by atoms with Gasteiger partial charge < -0.3 is 9.30 Å². The van der Waals surface area contributed by atoms with E-state index in [0.29, 0.717) is 10.8 Å². The molecule has 0 bridgehead atoms. The maximum absolute atomic E-state index is 12.3. The van der Waals surface area contributed by atoms with Crippen molar-refractivity contribution < 1.29 is 14.3 Å². The van der Waals surface area contributed by atoms with Crippen molar-refractivity contribution >= 4 is 23.4 Å². The van der Waals surface area contributed by atoms with Gasteiger partial charge in [0.1, 0.15) is 5.75 Å². The minimum atomic E-state index is -0.488. The molecular formula is C18H21ClN4O3. The predicted octanol–water partition coefficient (Wildman–Crippen LogP) is 1.99. The van der Waals surface area contributed by atoms with E-state index in [1.807, 2.05) is 12.3 Å². The zero-order chi connectivity index (χ0) is 18.7. The van der Waals surface area contributed by atoms with Crippen molar-refractivity contribution in [3.8, 4) is 5.75 Å². The van der Waals surface area contributed by atoms with Crippen LogP contribution in [0.1, 0.15) is 29.0 Å². The van der Waals surface area contributed by atoms with Crippen molar-refractivity contribution in [3.63, 3.8) is 0 Å². The van der Waals surface area contributed by atoms with Crippen molar-refractivity contribution in [2.75, 3.05) is 20.2 Å². The monoisotopic (exact) mass is 376 g/mol. The van der Waals surface area contributed by atoms with Crippen LogP contribution in [0.5, 0.6) is 5.75 Å². The number of halogens is 1. The smallest absolute Gasteiger partial charge is 0.273 e. The molecule has 0 fully saturated rings. The number of hydrogen-bond donors (Lipinski definition) is 2. The molecule has 0 saturated heterocycles. The second kappa shape index (κ2) is 7.80. The molecule has 8 heteroatoms. The first-order chi connectivity index (χ1) is 12.5. The summed E-state index contributed by atoms with van der Waals surface area (Å²) in [6.07, 6.45) is 2.04. The summed E-state index contributed by atoms with van der Waals surface area (Å²) in [6.45, 7) is 3.87. The lowest BCUT2D eigenvalue weighted by atomic mass is 10.1. The third kappa shape index (κ3) is 3.84. The predicted molar refractivity (Wildman–Crippen MR) is 98.0 cm³/mol. The second-order valence-electron chi connectivity index (χ2n) is 6.12. The molecule has 0 unspecified atom stereocenters. The number of ether oxygens (including phenoxy) is 1. The molecule has 2 amide bonds. The highest BCUT2D eigenvalue weighted by atomic mass is 35.5. The van der Waals surface area contributed by atoms with Crippen LogP contribution in [-0.2, 0) is 11.3 Å². The Labute approximate surface area is 156 Å². The van der Waals surface area contributed by atoms with Crippen LogP contribution in [0.25, 0.3) is 0 Å². The van der Waals surface area contributed by atoms with Gasteiger partial charge in [-0.2, -0.15) is 0 Å². The second-order valence-corrected chi connectivity index (χ2v) is 6.56. The molecule has 0 spiro atoms. The van der Waals surface area contributed by atoms with Crippen LogP contribution in [0.2, 0.25) is 5.02 Å². The Morgan fingerprint density at radius 2 is 2.08 bits per heavy atom. The van der Waals surface area contributed by atoms with Crippen molar-refractivity contribution in [1.82, 2.24) is 20.3 Å². The number of fused-ring (bicyclic) bond motifs is 1. The fraction of sp³-hybridized carbons (Fsp3) is 0.333. The molecule has 3 rings (SSSR count). The molecule has 0 aliphatic carbocycles. The summed E-state index contributed by atoms with van der Waals surface area (Å²) in [4.78, 5) is 26.6. The van der Waals surface area contributed by atoms with Crippen molar-refractivity contribution in [3.05, 3.63) is 52.8 Å². The van der Waals surface area contributed by atoms with E-state index in [-0.39, 0.29) is 24.1 Å². The van der Waals surface area contributed by atoms with Gasteiger partial charge in [-0.1, -0.05) is 11.6 Å². The number of carbonyl (C=O) groups is 2. The third-order valence-electron chi connectivity index (χ3n) is 4.54. The van der Waals surface area contributed by atoms with Gasteiger partial charge in [0.25, 0.3) is 11.8 Å². The maximum atomic E-state index is 12.3. The summed E-state index contributed by atoms with van der Waals surface area (Å²) in [5, 5.41) is 0.410. The van der Waals surface area contributed by atoms with Gasteiger partial charge in [0.2, 0.25) is 0 Å². The molecule has 0 radical (unpaired) electrons. The first-order valence-corrected chi connectivity index (χ1v) is 8.69. The molecular weight excluding hydrogens is 356 g/mol. The van der Waals surface area contributed by atoms with E-state index in [2.05, 4.69) is 33.3 Å². The van der Waals surface area contributed by atoms with Gasteiger partial charge in [-0.15, -0.1) is 0 Å². The number of amides is 2. The van der Waals surface area contributed by atoms with Crippen LogP contribution >= 0.6 is 11.6 Å². The van der Waals surface area contributed by atoms with Gasteiger partial charge in [-0.05, 0) is 37.3 Å². The standard InChI is InChI=1S/C18H21ClN4O3/c1-12-15-4-3-7-22(15)8-9-23(12)11-17(24)20-21-18(25)14-10-13(19)5-6-16(14)26-2/h3-7,10,12H,8-9,11H2,1-2H3,(H,20,24)(H,21,25)/t12-/m0/s1. The fourth-order valence-corrected chi connectivity index (χ4v) is 3.29. The van der Waals surface area contributed by atoms with E-state index < -0.39 is 5.91 Å². The van der Waals surface area contributed by atoms with E-state index in [1.165, 1.54) is 18.9 Å². The Hall–Kier alpha value is -2.51. The average Bonchev–Trinajstić information content (AvgIpc) is 3.11. The van der Waals surface area contributed by atoms with Gasteiger partial charge in [0.15, 0.2) is 0 Å². The van der Waals surface area contributed by atoms with Gasteiger partial charge in [-0.25, -0.2) is 0 Å². The van der Waals surface area contributed by atoms with Gasteiger partial charge in [-0.3, -0.25) is 25.3 Å². The summed E-state index contributed by atoms with van der Waals surface area (Å²) < 4.78 is 7.33. The molecule has 1 atom stereocenters. The maximum Gasteiger partial charge on any atom is 0.273 e. The average molecular weight is 377 g/mol. The summed E-state index contributed by atoms with van der Waals surface area (Å²) in [7, 11) is 1.46. The molecule has 1 aromatic heterocycles. The molecule has 1 aliphatic heterocycles. The highest BCUT2D eigenvalue weighted by Gasteiger charge is 2.25. The summed E-state index contributed by atoms with van der Waals surface area (Å²) in [5.74, 6) is -0.393. The topological polar surface area (TPSA) is 75.6 Å². The number of hydrazine groups is 1. The van der Waals surface area contributed by atoms with Crippen LogP contribution in [-0.4, -0.2) is 41.5 Å². The summed E-state index contributed by atoms with van der Waals surface area (Å²) >= 11 is 5.93. The molecule has 0 saturated carbocycles. The van der Waals surface area contributed by atoms with Gasteiger partial charge >= 0.3 is 0 Å². The number of hydrogen-bond acceptors (Lipinski definition) is 4. The zero-order valence-corrected chi connectivity index (χ0v) is 15.4. The Bertz CT molecular complexity index is 821. The fourth-order valence-electron chi connectivity index (χ4n) is 3.12. The Kier molecular flexibility index (Phi) is 5.49. The highest BCUT2D eigenvalue weighted by Crippen LogP contribution is 2.25. The minimum Gasteiger partial charge on any atom is -0.496 e. The Morgan fingerprint density at radius 1 is 1.27 bits per heavy atom. The first kappa shape index (κ1) is 18.3. The van der Waals surface area contributed by atoms with Crippen LogP contribution in [0.3, 0.4) is 0 Å². The van der Waals surface area contributed by atoms with E-state index >= 15 is 0 Å². The molecule has 26 heavy (non-hydrogen) atoms. The molecule has 1 aromatic carbocycles. The lowest BCUT2D eigenvalue weighted by Crippen LogP contribution is -2.48. The largest absolute Gasteiger partial charge is 0.496 e. The molecule has 7 nitrogen and oxygen atoms in total. The number of methoxy groups -OCH3 is 1. The number of rotatable bonds is 4. The van der Waals surface area contributed by atoms with Crippen molar-refractivity contribution in [2.24, 2.45) is 0 Å². The highest BCUT2D eigenvalue weighted by molar-refractivity contribution is 6.31. The zero-order valence-electron chi connectivity index (χ0n) is 14.7. The van der Waals surface area contributed by atoms with E-state index in [4.69, 9.17) is 16.3 Å². The SMILES string of the molecule is COc1ccc(Cl)cc1C(=O)NNC(=O)CN1CCn2cccc2[C@@H]1C.